The molecular formula is C22H28ClN3O2. The average Bonchev–Trinajstić information content (AvgIpc) is 2.73. The second kappa shape index (κ2) is 10.8. The summed E-state index contributed by atoms with van der Waals surface area (Å²) in [7, 11) is 0. The molecule has 0 saturated heterocycles. The summed E-state index contributed by atoms with van der Waals surface area (Å²) >= 11 is 0. The number of nitrogens with one attached hydrogen (secondary N) is 2. The molecule has 4 N–H and O–H groups in total. The Bertz CT molecular complexity index is 776. The van der Waals surface area contributed by atoms with Crippen molar-refractivity contribution in [3.05, 3.63) is 65.7 Å². The van der Waals surface area contributed by atoms with E-state index in [1.807, 2.05) is 54.6 Å². The minimum absolute atomic E-state index is 0. The summed E-state index contributed by atoms with van der Waals surface area (Å²) in [6.07, 6.45) is 5.43. The number of rotatable bonds is 6. The number of amides is 2. The molecule has 0 bridgehead atoms. The first-order valence-corrected chi connectivity index (χ1v) is 9.61. The van der Waals surface area contributed by atoms with Gasteiger partial charge in [0.2, 0.25) is 11.8 Å². The molecule has 1 saturated carbocycles. The Balaban J connectivity index is 0.00000280. The van der Waals surface area contributed by atoms with E-state index in [2.05, 4.69) is 10.6 Å². The minimum Gasteiger partial charge on any atom is -0.350 e. The number of hydrogen-bond donors (Lipinski definition) is 3. The van der Waals surface area contributed by atoms with Gasteiger partial charge in [-0.2, -0.15) is 0 Å². The molecule has 2 amide bonds. The zero-order valence-corrected chi connectivity index (χ0v) is 16.7. The largest absolute Gasteiger partial charge is 0.350 e. The number of halogens is 1. The van der Waals surface area contributed by atoms with Crippen LogP contribution >= 0.6 is 12.4 Å². The van der Waals surface area contributed by atoms with Crippen LogP contribution in [0, 0.1) is 5.92 Å². The molecule has 1 atom stereocenters. The third kappa shape index (κ3) is 6.08. The number of benzene rings is 2. The molecule has 150 valence electrons. The molecule has 0 radical (unpaired) electrons. The molecule has 0 heterocycles. The third-order valence-corrected chi connectivity index (χ3v) is 5.08. The van der Waals surface area contributed by atoms with Gasteiger partial charge in [-0.05, 0) is 36.1 Å². The van der Waals surface area contributed by atoms with Crippen LogP contribution in [0.5, 0.6) is 0 Å². The SMILES string of the molecule is Cl.NC(C(=O)NCc1cccc(NC(=O)C2CCCCC2)c1)c1ccccc1. The van der Waals surface area contributed by atoms with Crippen LogP contribution in [0.25, 0.3) is 0 Å². The highest BCUT2D eigenvalue weighted by Crippen LogP contribution is 2.25. The molecular weight excluding hydrogens is 374 g/mol. The number of carbonyl (C=O) groups excluding carboxylic acids is 2. The Morgan fingerprint density at radius 2 is 1.71 bits per heavy atom. The van der Waals surface area contributed by atoms with Gasteiger partial charge in [0.25, 0.3) is 0 Å². The molecule has 0 spiro atoms. The second-order valence-corrected chi connectivity index (χ2v) is 7.13. The highest BCUT2D eigenvalue weighted by Gasteiger charge is 2.21. The standard InChI is InChI=1S/C22H27N3O2.ClH/c23-20(17-9-3-1-4-10-17)22(27)24-15-16-8-7-13-19(14-16)25-21(26)18-11-5-2-6-12-18;/h1,3-4,7-10,13-14,18,20H,2,5-6,11-12,15,23H2,(H,24,27)(H,25,26);1H. The number of nitrogens with two attached hydrogens (primary N) is 1. The fourth-order valence-corrected chi connectivity index (χ4v) is 3.48. The topological polar surface area (TPSA) is 84.2 Å². The van der Waals surface area contributed by atoms with Crippen molar-refractivity contribution in [2.24, 2.45) is 11.7 Å². The van der Waals surface area contributed by atoms with Gasteiger partial charge in [-0.1, -0.05) is 61.7 Å². The van der Waals surface area contributed by atoms with Crippen LogP contribution in [0.4, 0.5) is 5.69 Å². The van der Waals surface area contributed by atoms with Crippen molar-refractivity contribution >= 4 is 29.9 Å². The van der Waals surface area contributed by atoms with E-state index in [4.69, 9.17) is 5.73 Å². The Morgan fingerprint density at radius 1 is 1.00 bits per heavy atom. The summed E-state index contributed by atoms with van der Waals surface area (Å²) in [5.74, 6) is -0.00851. The molecule has 5 nitrogen and oxygen atoms in total. The lowest BCUT2D eigenvalue weighted by Crippen LogP contribution is -2.33. The summed E-state index contributed by atoms with van der Waals surface area (Å²) in [5.41, 5.74) is 8.48. The van der Waals surface area contributed by atoms with Crippen LogP contribution in [-0.4, -0.2) is 11.8 Å². The predicted octanol–water partition coefficient (Wildman–Crippen LogP) is 3.94. The van der Waals surface area contributed by atoms with Crippen molar-refractivity contribution in [3.8, 4) is 0 Å². The van der Waals surface area contributed by atoms with Gasteiger partial charge in [0.15, 0.2) is 0 Å². The van der Waals surface area contributed by atoms with Crippen molar-refractivity contribution in [1.29, 1.82) is 0 Å². The van der Waals surface area contributed by atoms with E-state index in [-0.39, 0.29) is 30.1 Å². The Morgan fingerprint density at radius 3 is 2.43 bits per heavy atom. The summed E-state index contributed by atoms with van der Waals surface area (Å²) in [5, 5.41) is 5.88. The van der Waals surface area contributed by atoms with Crippen molar-refractivity contribution in [3.63, 3.8) is 0 Å². The lowest BCUT2D eigenvalue weighted by molar-refractivity contribution is -0.122. The normalized spacial score (nSPS) is 15.2. The summed E-state index contributed by atoms with van der Waals surface area (Å²) in [6.45, 7) is 0.368. The molecule has 28 heavy (non-hydrogen) atoms. The summed E-state index contributed by atoms with van der Waals surface area (Å²) in [6, 6.07) is 16.2. The van der Waals surface area contributed by atoms with Crippen LogP contribution in [0.2, 0.25) is 0 Å². The second-order valence-electron chi connectivity index (χ2n) is 7.13. The van der Waals surface area contributed by atoms with Crippen LogP contribution in [0.15, 0.2) is 54.6 Å². The molecule has 2 aromatic carbocycles. The van der Waals surface area contributed by atoms with E-state index in [0.29, 0.717) is 6.54 Å². The van der Waals surface area contributed by atoms with E-state index in [1.54, 1.807) is 0 Å². The highest BCUT2D eigenvalue weighted by atomic mass is 35.5. The van der Waals surface area contributed by atoms with Crippen molar-refractivity contribution in [1.82, 2.24) is 5.32 Å². The molecule has 1 fully saturated rings. The van der Waals surface area contributed by atoms with Gasteiger partial charge in [0.05, 0.1) is 0 Å². The van der Waals surface area contributed by atoms with E-state index < -0.39 is 6.04 Å². The molecule has 1 aliphatic carbocycles. The number of anilines is 1. The number of carbonyl (C=O) groups is 2. The van der Waals surface area contributed by atoms with Crippen LogP contribution in [0.1, 0.15) is 49.3 Å². The van der Waals surface area contributed by atoms with Gasteiger partial charge >= 0.3 is 0 Å². The van der Waals surface area contributed by atoms with Gasteiger partial charge in [-0.15, -0.1) is 12.4 Å². The Kier molecular flexibility index (Phi) is 8.48. The van der Waals surface area contributed by atoms with Crippen LogP contribution in [-0.2, 0) is 16.1 Å². The van der Waals surface area contributed by atoms with E-state index in [0.717, 1.165) is 42.5 Å². The quantitative estimate of drug-likeness (QED) is 0.685. The smallest absolute Gasteiger partial charge is 0.241 e. The lowest BCUT2D eigenvalue weighted by atomic mass is 9.88. The van der Waals surface area contributed by atoms with Crippen LogP contribution < -0.4 is 16.4 Å². The third-order valence-electron chi connectivity index (χ3n) is 5.08. The first-order valence-electron chi connectivity index (χ1n) is 9.61. The van der Waals surface area contributed by atoms with Gasteiger partial charge in [0.1, 0.15) is 6.04 Å². The zero-order valence-electron chi connectivity index (χ0n) is 15.9. The first-order chi connectivity index (χ1) is 13.1. The fraction of sp³-hybridized carbons (Fsp3) is 0.364. The fourth-order valence-electron chi connectivity index (χ4n) is 3.48. The average molecular weight is 402 g/mol. The van der Waals surface area contributed by atoms with Crippen LogP contribution in [0.3, 0.4) is 0 Å². The van der Waals surface area contributed by atoms with E-state index >= 15 is 0 Å². The van der Waals surface area contributed by atoms with Gasteiger partial charge in [-0.25, -0.2) is 0 Å². The van der Waals surface area contributed by atoms with Crippen molar-refractivity contribution in [2.45, 2.75) is 44.7 Å². The first kappa shape index (κ1) is 21.9. The van der Waals surface area contributed by atoms with Gasteiger partial charge in [0, 0.05) is 18.2 Å². The highest BCUT2D eigenvalue weighted by molar-refractivity contribution is 5.92. The lowest BCUT2D eigenvalue weighted by Gasteiger charge is -2.21. The molecule has 1 unspecified atom stereocenters. The Hall–Kier alpha value is -2.37. The molecule has 2 aromatic rings. The summed E-state index contributed by atoms with van der Waals surface area (Å²) < 4.78 is 0. The maximum atomic E-state index is 12.4. The maximum Gasteiger partial charge on any atom is 0.241 e. The molecule has 0 aromatic heterocycles. The minimum atomic E-state index is -0.694. The molecule has 1 aliphatic rings. The maximum absolute atomic E-state index is 12.4. The van der Waals surface area contributed by atoms with Gasteiger partial charge < -0.3 is 16.4 Å². The van der Waals surface area contributed by atoms with Crippen molar-refractivity contribution in [2.75, 3.05) is 5.32 Å². The van der Waals surface area contributed by atoms with E-state index in [1.165, 1.54) is 6.42 Å². The predicted molar refractivity (Wildman–Crippen MR) is 114 cm³/mol. The molecule has 6 heteroatoms. The van der Waals surface area contributed by atoms with E-state index in [9.17, 15) is 9.59 Å². The monoisotopic (exact) mass is 401 g/mol. The molecule has 3 rings (SSSR count). The summed E-state index contributed by atoms with van der Waals surface area (Å²) in [4.78, 5) is 24.7. The van der Waals surface area contributed by atoms with Crippen molar-refractivity contribution < 1.29 is 9.59 Å². The zero-order chi connectivity index (χ0) is 19.1. The molecule has 0 aliphatic heterocycles. The van der Waals surface area contributed by atoms with Gasteiger partial charge in [-0.3, -0.25) is 9.59 Å². The number of hydrogen-bond acceptors (Lipinski definition) is 3. The Labute approximate surface area is 172 Å².